The minimum Gasteiger partial charge on any atom is -0.465 e. The molecule has 1 heterocycles. The summed E-state index contributed by atoms with van der Waals surface area (Å²) in [4.78, 5) is 36.3. The Labute approximate surface area is 168 Å². The number of likely N-dealkylation sites (tertiary alicyclic amines) is 1. The van der Waals surface area contributed by atoms with Gasteiger partial charge in [0, 0.05) is 12.3 Å². The number of amides is 2. The summed E-state index contributed by atoms with van der Waals surface area (Å²) in [6.45, 7) is 3.79. The molecule has 1 aliphatic carbocycles. The quantitative estimate of drug-likeness (QED) is 0.616. The highest BCUT2D eigenvalue weighted by Gasteiger charge is 2.42. The van der Waals surface area contributed by atoms with Crippen LogP contribution in [0.1, 0.15) is 36.3 Å². The lowest BCUT2D eigenvalue weighted by Crippen LogP contribution is -2.43. The number of carbonyl (C=O) groups is 3. The second-order valence-corrected chi connectivity index (χ2v) is 7.27. The Balaban J connectivity index is 1.54. The van der Waals surface area contributed by atoms with Crippen molar-refractivity contribution in [1.29, 1.82) is 0 Å². The van der Waals surface area contributed by atoms with E-state index < -0.39 is 30.1 Å². The molecule has 148 valence electrons. The number of carbonyl (C=O) groups excluding carboxylic acids is 2. The lowest BCUT2D eigenvalue weighted by atomic mass is 9.91. The molecule has 6 nitrogen and oxygen atoms in total. The fourth-order valence-corrected chi connectivity index (χ4v) is 4.31. The van der Waals surface area contributed by atoms with Crippen molar-refractivity contribution in [3.63, 3.8) is 0 Å². The molecule has 6 heteroatoms. The molecular weight excluding hydrogens is 370 g/mol. The number of hydrogen-bond donors (Lipinski definition) is 1. The molecule has 1 aliphatic heterocycles. The van der Waals surface area contributed by atoms with Crippen LogP contribution in [0.25, 0.3) is 11.1 Å². The molecule has 0 aromatic heterocycles. The highest BCUT2D eigenvalue weighted by Crippen LogP contribution is 2.46. The van der Waals surface area contributed by atoms with Gasteiger partial charge in [-0.3, -0.25) is 4.79 Å². The summed E-state index contributed by atoms with van der Waals surface area (Å²) in [5.74, 6) is -1.24. The molecule has 1 fully saturated rings. The first-order chi connectivity index (χ1) is 14.0. The molecule has 1 unspecified atom stereocenters. The van der Waals surface area contributed by atoms with Gasteiger partial charge in [-0.15, -0.1) is 0 Å². The summed E-state index contributed by atoms with van der Waals surface area (Å²) >= 11 is 0. The lowest BCUT2D eigenvalue weighted by molar-refractivity contribution is -0.154. The molecule has 2 aromatic rings. The third kappa shape index (κ3) is 3.31. The van der Waals surface area contributed by atoms with E-state index in [4.69, 9.17) is 4.74 Å². The Kier molecular flexibility index (Phi) is 4.92. The Morgan fingerprint density at radius 1 is 1.14 bits per heavy atom. The van der Waals surface area contributed by atoms with Crippen molar-refractivity contribution >= 4 is 18.0 Å². The fraction of sp³-hybridized carbons (Fsp3) is 0.261. The van der Waals surface area contributed by atoms with E-state index >= 15 is 0 Å². The largest absolute Gasteiger partial charge is 0.465 e. The van der Waals surface area contributed by atoms with Gasteiger partial charge in [-0.05, 0) is 35.1 Å². The van der Waals surface area contributed by atoms with Crippen LogP contribution in [0.2, 0.25) is 0 Å². The Morgan fingerprint density at radius 2 is 1.72 bits per heavy atom. The lowest BCUT2D eigenvalue weighted by Gasteiger charge is -2.23. The van der Waals surface area contributed by atoms with Gasteiger partial charge in [-0.2, -0.15) is 0 Å². The predicted molar refractivity (Wildman–Crippen MR) is 106 cm³/mol. The zero-order valence-electron chi connectivity index (χ0n) is 15.8. The van der Waals surface area contributed by atoms with Crippen LogP contribution in [0.5, 0.6) is 0 Å². The van der Waals surface area contributed by atoms with Crippen LogP contribution < -0.4 is 0 Å². The standard InChI is InChI=1S/C23H21NO5/c1-2-14(29-22(26)20-11-12-21(25)24(20)23(27)28)13-19-17-9-5-3-7-15(17)16-8-4-6-10-18(16)19/h2-10,14,19-20H,1,11-13H2,(H,27,28)/t14?,20-/m0/s1. The molecule has 4 rings (SSSR count). The average molecular weight is 391 g/mol. The fourth-order valence-electron chi connectivity index (χ4n) is 4.31. The molecule has 2 atom stereocenters. The SMILES string of the molecule is C=CC(CC1c2ccccc2-c2ccccc21)OC(=O)[C@@H]1CCC(=O)N1C(=O)O. The minimum absolute atomic E-state index is 0.0220. The Bertz CT molecular complexity index is 953. The van der Waals surface area contributed by atoms with Gasteiger partial charge < -0.3 is 9.84 Å². The summed E-state index contributed by atoms with van der Waals surface area (Å²) in [7, 11) is 0. The number of esters is 1. The van der Waals surface area contributed by atoms with Crippen LogP contribution in [0.15, 0.2) is 61.2 Å². The van der Waals surface area contributed by atoms with Crippen molar-refractivity contribution in [3.05, 3.63) is 72.3 Å². The van der Waals surface area contributed by atoms with E-state index in [1.807, 2.05) is 24.3 Å². The van der Waals surface area contributed by atoms with Crippen LogP contribution in [-0.2, 0) is 14.3 Å². The van der Waals surface area contributed by atoms with Crippen molar-refractivity contribution in [3.8, 4) is 11.1 Å². The molecular formula is C23H21NO5. The summed E-state index contributed by atoms with van der Waals surface area (Å²) < 4.78 is 5.59. The summed E-state index contributed by atoms with van der Waals surface area (Å²) in [5, 5.41) is 9.22. The molecule has 2 aromatic carbocycles. The first kappa shape index (κ1) is 18.9. The van der Waals surface area contributed by atoms with Gasteiger partial charge >= 0.3 is 12.1 Å². The zero-order valence-corrected chi connectivity index (χ0v) is 15.8. The molecule has 0 spiro atoms. The van der Waals surface area contributed by atoms with E-state index in [-0.39, 0.29) is 18.8 Å². The second kappa shape index (κ2) is 7.54. The molecule has 0 bridgehead atoms. The summed E-state index contributed by atoms with van der Waals surface area (Å²) in [6, 6.07) is 15.2. The number of carboxylic acid groups (broad SMARTS) is 1. The number of rotatable bonds is 5. The second-order valence-electron chi connectivity index (χ2n) is 7.27. The van der Waals surface area contributed by atoms with Crippen molar-refractivity contribution in [1.82, 2.24) is 4.90 Å². The first-order valence-corrected chi connectivity index (χ1v) is 9.57. The van der Waals surface area contributed by atoms with E-state index in [0.29, 0.717) is 11.3 Å². The van der Waals surface area contributed by atoms with Gasteiger partial charge in [0.2, 0.25) is 5.91 Å². The number of benzene rings is 2. The normalized spacial score (nSPS) is 18.8. The Hall–Kier alpha value is -3.41. The van der Waals surface area contributed by atoms with Crippen LogP contribution in [0.4, 0.5) is 4.79 Å². The van der Waals surface area contributed by atoms with E-state index in [1.165, 1.54) is 22.3 Å². The molecule has 1 N–H and O–H groups in total. The molecule has 0 radical (unpaired) electrons. The number of ether oxygens (including phenoxy) is 1. The van der Waals surface area contributed by atoms with Crippen LogP contribution in [0.3, 0.4) is 0 Å². The van der Waals surface area contributed by atoms with E-state index in [1.54, 1.807) is 6.08 Å². The van der Waals surface area contributed by atoms with Crippen LogP contribution in [-0.4, -0.2) is 40.1 Å². The monoisotopic (exact) mass is 391 g/mol. The number of hydrogen-bond acceptors (Lipinski definition) is 4. The molecule has 0 saturated carbocycles. The van der Waals surface area contributed by atoms with E-state index in [9.17, 15) is 19.5 Å². The van der Waals surface area contributed by atoms with Gasteiger partial charge in [-0.25, -0.2) is 14.5 Å². The smallest absolute Gasteiger partial charge is 0.414 e. The number of fused-ring (bicyclic) bond motifs is 3. The van der Waals surface area contributed by atoms with Gasteiger partial charge in [0.1, 0.15) is 12.1 Å². The van der Waals surface area contributed by atoms with Crippen molar-refractivity contribution in [2.45, 2.75) is 37.3 Å². The van der Waals surface area contributed by atoms with Gasteiger partial charge in [0.15, 0.2) is 0 Å². The molecule has 2 amide bonds. The average Bonchev–Trinajstić information content (AvgIpc) is 3.26. The number of imide groups is 1. The highest BCUT2D eigenvalue weighted by atomic mass is 16.5. The Morgan fingerprint density at radius 3 is 2.28 bits per heavy atom. The summed E-state index contributed by atoms with van der Waals surface area (Å²) in [5.41, 5.74) is 4.67. The maximum Gasteiger partial charge on any atom is 0.414 e. The first-order valence-electron chi connectivity index (χ1n) is 9.57. The predicted octanol–water partition coefficient (Wildman–Crippen LogP) is 3.96. The molecule has 1 saturated heterocycles. The van der Waals surface area contributed by atoms with Crippen molar-refractivity contribution in [2.75, 3.05) is 0 Å². The van der Waals surface area contributed by atoms with Crippen molar-refractivity contribution < 1.29 is 24.2 Å². The third-order valence-corrected chi connectivity index (χ3v) is 5.65. The highest BCUT2D eigenvalue weighted by molar-refractivity contribution is 5.98. The van der Waals surface area contributed by atoms with Crippen LogP contribution in [0, 0.1) is 0 Å². The maximum absolute atomic E-state index is 12.6. The molecule has 2 aliphatic rings. The van der Waals surface area contributed by atoms with Crippen LogP contribution >= 0.6 is 0 Å². The topological polar surface area (TPSA) is 83.9 Å². The van der Waals surface area contributed by atoms with E-state index in [2.05, 4.69) is 30.8 Å². The third-order valence-electron chi connectivity index (χ3n) is 5.65. The number of nitrogens with zero attached hydrogens (tertiary/aromatic N) is 1. The van der Waals surface area contributed by atoms with Gasteiger partial charge in [0.25, 0.3) is 0 Å². The zero-order chi connectivity index (χ0) is 20.5. The molecule has 29 heavy (non-hydrogen) atoms. The maximum atomic E-state index is 12.6. The van der Waals surface area contributed by atoms with E-state index in [0.717, 1.165) is 0 Å². The van der Waals surface area contributed by atoms with Gasteiger partial charge in [0.05, 0.1) is 0 Å². The van der Waals surface area contributed by atoms with Gasteiger partial charge in [-0.1, -0.05) is 61.2 Å². The minimum atomic E-state index is -1.43. The summed E-state index contributed by atoms with van der Waals surface area (Å²) in [6.07, 6.45) is 0.193. The van der Waals surface area contributed by atoms with Crippen molar-refractivity contribution in [2.24, 2.45) is 0 Å².